The molecule has 63 heavy (non-hydrogen) atoms. The first-order chi connectivity index (χ1) is 30.6. The van der Waals surface area contributed by atoms with Crippen LogP contribution in [0.25, 0.3) is 27.7 Å². The number of ether oxygens (including phenoxy) is 2. The summed E-state index contributed by atoms with van der Waals surface area (Å²) in [6.07, 6.45) is 6.08. The zero-order valence-electron chi connectivity index (χ0n) is 34.5. The van der Waals surface area contributed by atoms with E-state index in [0.717, 1.165) is 4.90 Å². The maximum absolute atomic E-state index is 15.4. The second kappa shape index (κ2) is 19.3. The number of hydrogen-bond acceptors (Lipinski definition) is 13. The van der Waals surface area contributed by atoms with Crippen molar-refractivity contribution in [3.05, 3.63) is 94.9 Å². The summed E-state index contributed by atoms with van der Waals surface area (Å²) in [6, 6.07) is 11.7. The number of nitrogens with one attached hydrogen (secondary N) is 4. The fraction of sp³-hybridized carbons (Fsp3) is 0.378. The molecule has 0 bridgehead atoms. The summed E-state index contributed by atoms with van der Waals surface area (Å²) in [5.41, 5.74) is 3.49. The van der Waals surface area contributed by atoms with Crippen LogP contribution in [-0.4, -0.2) is 132 Å². The SMILES string of the molecule is N=C/C(=C\NC1CCN(C(=O)CCOCCNc2cccc3c2C(=O)N(C2CCC(=O)NC2=O)C3=O)CC1)c1cnc2cccc(-c3cc(F)c(CN4CCOCC4)c(F)c3)c2n1. The molecule has 1 unspecified atom stereocenters. The smallest absolute Gasteiger partial charge is 0.264 e. The molecule has 0 saturated carbocycles. The fourth-order valence-corrected chi connectivity index (χ4v) is 8.33. The van der Waals surface area contributed by atoms with Crippen molar-refractivity contribution in [1.29, 1.82) is 5.41 Å². The molecule has 4 aliphatic rings. The van der Waals surface area contributed by atoms with E-state index in [1.54, 1.807) is 47.6 Å². The third kappa shape index (κ3) is 9.47. The van der Waals surface area contributed by atoms with Crippen molar-refractivity contribution in [2.24, 2.45) is 0 Å². The summed E-state index contributed by atoms with van der Waals surface area (Å²) in [5.74, 6) is -3.61. The highest BCUT2D eigenvalue weighted by atomic mass is 19.1. The number of aromatic nitrogens is 2. The first-order valence-electron chi connectivity index (χ1n) is 21.0. The normalized spacial score (nSPS) is 18.8. The maximum Gasteiger partial charge on any atom is 0.264 e. The molecule has 4 aromatic rings. The lowest BCUT2D eigenvalue weighted by Crippen LogP contribution is -2.54. The first kappa shape index (κ1) is 43.2. The van der Waals surface area contributed by atoms with Crippen LogP contribution in [0.15, 0.2) is 60.9 Å². The van der Waals surface area contributed by atoms with E-state index in [-0.39, 0.29) is 67.7 Å². The lowest BCUT2D eigenvalue weighted by molar-refractivity contribution is -0.136. The highest BCUT2D eigenvalue weighted by Crippen LogP contribution is 2.33. The van der Waals surface area contributed by atoms with Crippen LogP contribution in [-0.2, 0) is 30.4 Å². The predicted molar refractivity (Wildman–Crippen MR) is 228 cm³/mol. The standard InChI is InChI=1S/C45H47F2N9O7/c46-33-21-27(22-34(47)32(33)26-54-15-19-63-20-16-54)30-3-1-6-36-42(30)52-37(25-51-36)28(23-48)24-50-29-9-13-55(14-10-29)40(58)11-17-62-18-12-49-35-5-2-4-31-41(35)45(61)56(44(31)60)38-7-8-39(57)53-43(38)59/h1-6,21-25,29,38,48-50H,7-20,26H2,(H,53,57,59)/b28-24+,48-23?. The van der Waals surface area contributed by atoms with Crippen LogP contribution in [0.3, 0.4) is 0 Å². The van der Waals surface area contributed by atoms with Crippen molar-refractivity contribution in [3.63, 3.8) is 0 Å². The molecule has 16 nitrogen and oxygen atoms in total. The molecular formula is C45H47F2N9O7. The Hall–Kier alpha value is -6.50. The summed E-state index contributed by atoms with van der Waals surface area (Å²) < 4.78 is 41.8. The largest absolute Gasteiger partial charge is 0.387 e. The van der Waals surface area contributed by atoms with Crippen molar-refractivity contribution in [1.82, 2.24) is 35.3 Å². The molecular weight excluding hydrogens is 817 g/mol. The molecule has 3 aromatic carbocycles. The highest BCUT2D eigenvalue weighted by Gasteiger charge is 2.45. The number of piperidine rings is 2. The minimum absolute atomic E-state index is 0.0103. The summed E-state index contributed by atoms with van der Waals surface area (Å²) in [5, 5.41) is 16.8. The number of fused-ring (bicyclic) bond motifs is 2. The van der Waals surface area contributed by atoms with Gasteiger partial charge in [-0.15, -0.1) is 0 Å². The van der Waals surface area contributed by atoms with Crippen molar-refractivity contribution in [2.45, 2.75) is 50.7 Å². The molecule has 3 saturated heterocycles. The number of morpholine rings is 1. The number of hydrogen-bond donors (Lipinski definition) is 4. The number of imide groups is 2. The summed E-state index contributed by atoms with van der Waals surface area (Å²) >= 11 is 0. The molecule has 1 atom stereocenters. The van der Waals surface area contributed by atoms with E-state index in [2.05, 4.69) is 20.9 Å². The third-order valence-corrected chi connectivity index (χ3v) is 11.8. The number of halogens is 2. The second-order valence-corrected chi connectivity index (χ2v) is 15.8. The molecule has 8 rings (SSSR count). The van der Waals surface area contributed by atoms with E-state index in [0.29, 0.717) is 97.9 Å². The molecule has 0 spiro atoms. The van der Waals surface area contributed by atoms with E-state index in [1.165, 1.54) is 24.4 Å². The van der Waals surface area contributed by atoms with E-state index in [1.807, 2.05) is 4.90 Å². The Labute approximate surface area is 361 Å². The van der Waals surface area contributed by atoms with Crippen LogP contribution >= 0.6 is 0 Å². The van der Waals surface area contributed by atoms with Gasteiger partial charge in [-0.3, -0.25) is 44.1 Å². The number of allylic oxidation sites excluding steroid dienone is 1. The van der Waals surface area contributed by atoms with Gasteiger partial charge in [0.25, 0.3) is 11.8 Å². The lowest BCUT2D eigenvalue weighted by atomic mass is 10.0. The second-order valence-electron chi connectivity index (χ2n) is 15.8. The number of rotatable bonds is 15. The zero-order chi connectivity index (χ0) is 44.0. The molecule has 5 heterocycles. The third-order valence-electron chi connectivity index (χ3n) is 11.8. The number of likely N-dealkylation sites (tertiary alicyclic amines) is 1. The molecule has 4 aliphatic heterocycles. The van der Waals surface area contributed by atoms with Crippen molar-refractivity contribution in [3.8, 4) is 11.1 Å². The predicted octanol–water partition coefficient (Wildman–Crippen LogP) is 3.90. The molecule has 18 heteroatoms. The number of anilines is 1. The van der Waals surface area contributed by atoms with E-state index >= 15 is 8.78 Å². The van der Waals surface area contributed by atoms with Gasteiger partial charge in [0, 0.05) is 86.5 Å². The van der Waals surface area contributed by atoms with Gasteiger partial charge < -0.3 is 30.4 Å². The molecule has 4 N–H and O–H groups in total. The number of carbonyl (C=O) groups excluding carboxylic acids is 5. The Morgan fingerprint density at radius 3 is 2.44 bits per heavy atom. The molecule has 328 valence electrons. The van der Waals surface area contributed by atoms with E-state index in [4.69, 9.17) is 19.9 Å². The van der Waals surface area contributed by atoms with Gasteiger partial charge in [-0.1, -0.05) is 18.2 Å². The van der Waals surface area contributed by atoms with Gasteiger partial charge in [-0.25, -0.2) is 13.8 Å². The van der Waals surface area contributed by atoms with E-state index in [9.17, 15) is 24.0 Å². The van der Waals surface area contributed by atoms with Gasteiger partial charge in [0.15, 0.2) is 0 Å². The Kier molecular flexibility index (Phi) is 13.2. The first-order valence-corrected chi connectivity index (χ1v) is 21.0. The van der Waals surface area contributed by atoms with Gasteiger partial charge in [-0.05, 0) is 55.2 Å². The quantitative estimate of drug-likeness (QED) is 0.0765. The van der Waals surface area contributed by atoms with Crippen LogP contribution < -0.4 is 16.0 Å². The summed E-state index contributed by atoms with van der Waals surface area (Å²) in [4.78, 5) is 77.4. The number of amides is 5. The monoisotopic (exact) mass is 863 g/mol. The van der Waals surface area contributed by atoms with Crippen LogP contribution in [0.2, 0.25) is 0 Å². The summed E-state index contributed by atoms with van der Waals surface area (Å²) in [6.45, 7) is 4.19. The average molecular weight is 864 g/mol. The van der Waals surface area contributed by atoms with Gasteiger partial charge in [0.1, 0.15) is 17.7 Å². The molecule has 0 radical (unpaired) electrons. The van der Waals surface area contributed by atoms with Gasteiger partial charge >= 0.3 is 0 Å². The number of nitrogens with zero attached hydrogens (tertiary/aromatic N) is 5. The van der Waals surface area contributed by atoms with Crippen LogP contribution in [0, 0.1) is 17.0 Å². The molecule has 5 amide bonds. The Morgan fingerprint density at radius 1 is 0.952 bits per heavy atom. The average Bonchev–Trinajstić information content (AvgIpc) is 3.55. The number of benzene rings is 3. The fourth-order valence-electron chi connectivity index (χ4n) is 8.33. The Morgan fingerprint density at radius 2 is 1.70 bits per heavy atom. The zero-order valence-corrected chi connectivity index (χ0v) is 34.5. The Balaban J connectivity index is 0.798. The van der Waals surface area contributed by atoms with Gasteiger partial charge in [0.05, 0.1) is 66.9 Å². The molecule has 0 aliphatic carbocycles. The van der Waals surface area contributed by atoms with Crippen molar-refractivity contribution < 1.29 is 42.2 Å². The van der Waals surface area contributed by atoms with Crippen molar-refractivity contribution >= 4 is 58.0 Å². The van der Waals surface area contributed by atoms with Crippen molar-refractivity contribution in [2.75, 3.05) is 64.5 Å². The molecule has 1 aromatic heterocycles. The highest BCUT2D eigenvalue weighted by molar-refractivity contribution is 6.25. The minimum atomic E-state index is -1.05. The topological polar surface area (TPSA) is 199 Å². The van der Waals surface area contributed by atoms with Gasteiger partial charge in [-0.2, -0.15) is 0 Å². The molecule has 3 fully saturated rings. The van der Waals surface area contributed by atoms with Crippen LogP contribution in [0.4, 0.5) is 14.5 Å². The van der Waals surface area contributed by atoms with Crippen LogP contribution in [0.5, 0.6) is 0 Å². The minimum Gasteiger partial charge on any atom is -0.387 e. The lowest BCUT2D eigenvalue weighted by Gasteiger charge is -2.32. The summed E-state index contributed by atoms with van der Waals surface area (Å²) in [7, 11) is 0. The van der Waals surface area contributed by atoms with Crippen LogP contribution in [0.1, 0.15) is 64.1 Å². The Bertz CT molecular complexity index is 2460. The maximum atomic E-state index is 15.4. The van der Waals surface area contributed by atoms with E-state index < -0.39 is 41.3 Å². The van der Waals surface area contributed by atoms with Gasteiger partial charge in [0.2, 0.25) is 17.7 Å². The number of para-hydroxylation sites is 1. The number of carbonyl (C=O) groups is 5.